The molecule has 1 N–H and O–H groups in total. The normalized spacial score (nSPS) is 27.0. The second kappa shape index (κ2) is 3.59. The van der Waals surface area contributed by atoms with Crippen LogP contribution in [0.3, 0.4) is 0 Å². The summed E-state index contributed by atoms with van der Waals surface area (Å²) in [5.74, 6) is 0. The SMILES string of the molecule is N#CC1CCC(c2ccccc2)N1. The van der Waals surface area contributed by atoms with Crippen LogP contribution in [0.4, 0.5) is 0 Å². The van der Waals surface area contributed by atoms with Gasteiger partial charge in [0, 0.05) is 6.04 Å². The van der Waals surface area contributed by atoms with Crippen molar-refractivity contribution < 1.29 is 0 Å². The molecule has 2 heteroatoms. The van der Waals surface area contributed by atoms with Crippen LogP contribution < -0.4 is 5.32 Å². The first-order chi connectivity index (χ1) is 6.40. The van der Waals surface area contributed by atoms with Gasteiger partial charge in [0.15, 0.2) is 0 Å². The molecule has 13 heavy (non-hydrogen) atoms. The Hall–Kier alpha value is -1.33. The van der Waals surface area contributed by atoms with Crippen LogP contribution in [0.1, 0.15) is 24.4 Å². The highest BCUT2D eigenvalue weighted by Crippen LogP contribution is 2.25. The smallest absolute Gasteiger partial charge is 0.0958 e. The minimum atomic E-state index is 0.0465. The molecule has 0 bridgehead atoms. The first-order valence-corrected chi connectivity index (χ1v) is 4.61. The summed E-state index contributed by atoms with van der Waals surface area (Å²) < 4.78 is 0. The van der Waals surface area contributed by atoms with Crippen molar-refractivity contribution in [2.75, 3.05) is 0 Å². The van der Waals surface area contributed by atoms with E-state index in [2.05, 4.69) is 23.5 Å². The lowest BCUT2D eigenvalue weighted by atomic mass is 10.1. The van der Waals surface area contributed by atoms with E-state index in [1.54, 1.807) is 0 Å². The topological polar surface area (TPSA) is 35.8 Å². The summed E-state index contributed by atoms with van der Waals surface area (Å²) in [6.07, 6.45) is 2.04. The third-order valence-electron chi connectivity index (χ3n) is 2.50. The molecule has 0 aliphatic carbocycles. The fraction of sp³-hybridized carbons (Fsp3) is 0.364. The number of hydrogen-bond donors (Lipinski definition) is 1. The Morgan fingerprint density at radius 1 is 1.23 bits per heavy atom. The average Bonchev–Trinajstić information content (AvgIpc) is 2.67. The monoisotopic (exact) mass is 172 g/mol. The summed E-state index contributed by atoms with van der Waals surface area (Å²) in [4.78, 5) is 0. The Morgan fingerprint density at radius 2 is 2.00 bits per heavy atom. The van der Waals surface area contributed by atoms with Crippen molar-refractivity contribution in [2.24, 2.45) is 0 Å². The van der Waals surface area contributed by atoms with Crippen molar-refractivity contribution >= 4 is 0 Å². The molecule has 1 aromatic rings. The molecule has 2 atom stereocenters. The molecule has 2 rings (SSSR count). The Balaban J connectivity index is 2.09. The molecule has 0 saturated carbocycles. The third-order valence-corrected chi connectivity index (χ3v) is 2.50. The van der Waals surface area contributed by atoms with Crippen molar-refractivity contribution in [2.45, 2.75) is 24.9 Å². The third kappa shape index (κ3) is 1.71. The Morgan fingerprint density at radius 3 is 2.62 bits per heavy atom. The highest BCUT2D eigenvalue weighted by Gasteiger charge is 2.23. The van der Waals surface area contributed by atoms with E-state index in [1.165, 1.54) is 5.56 Å². The van der Waals surface area contributed by atoms with Crippen LogP contribution in [0.2, 0.25) is 0 Å². The second-order valence-corrected chi connectivity index (χ2v) is 3.39. The van der Waals surface area contributed by atoms with Crippen LogP contribution in [0.25, 0.3) is 0 Å². The lowest BCUT2D eigenvalue weighted by molar-refractivity contribution is 0.618. The first kappa shape index (κ1) is 8.28. The van der Waals surface area contributed by atoms with Gasteiger partial charge in [0.1, 0.15) is 0 Å². The van der Waals surface area contributed by atoms with E-state index >= 15 is 0 Å². The summed E-state index contributed by atoms with van der Waals surface area (Å²) in [5.41, 5.74) is 1.29. The maximum absolute atomic E-state index is 8.72. The number of hydrogen-bond acceptors (Lipinski definition) is 2. The first-order valence-electron chi connectivity index (χ1n) is 4.61. The van der Waals surface area contributed by atoms with Crippen LogP contribution in [-0.4, -0.2) is 6.04 Å². The van der Waals surface area contributed by atoms with Crippen LogP contribution in [0.15, 0.2) is 30.3 Å². The quantitative estimate of drug-likeness (QED) is 0.703. The van der Waals surface area contributed by atoms with Gasteiger partial charge in [0.25, 0.3) is 0 Å². The minimum absolute atomic E-state index is 0.0465. The molecular formula is C11H12N2. The van der Waals surface area contributed by atoms with Crippen LogP contribution >= 0.6 is 0 Å². The van der Waals surface area contributed by atoms with Gasteiger partial charge in [0.2, 0.25) is 0 Å². The van der Waals surface area contributed by atoms with Gasteiger partial charge in [-0.25, -0.2) is 0 Å². The second-order valence-electron chi connectivity index (χ2n) is 3.39. The number of nitrogens with zero attached hydrogens (tertiary/aromatic N) is 1. The Labute approximate surface area is 78.2 Å². The molecule has 1 heterocycles. The van der Waals surface area contributed by atoms with Crippen LogP contribution in [0, 0.1) is 11.3 Å². The predicted octanol–water partition coefficient (Wildman–Crippen LogP) is 2.00. The molecule has 1 aliphatic heterocycles. The lowest BCUT2D eigenvalue weighted by Gasteiger charge is -2.10. The molecule has 0 radical (unpaired) electrons. The van der Waals surface area contributed by atoms with Crippen molar-refractivity contribution in [1.29, 1.82) is 5.26 Å². The zero-order chi connectivity index (χ0) is 9.10. The van der Waals surface area contributed by atoms with Gasteiger partial charge in [-0.05, 0) is 18.4 Å². The zero-order valence-corrected chi connectivity index (χ0v) is 7.40. The lowest BCUT2D eigenvalue weighted by Crippen LogP contribution is -2.22. The standard InChI is InChI=1S/C11H12N2/c12-8-10-6-7-11(13-10)9-4-2-1-3-5-9/h1-5,10-11,13H,6-7H2. The van der Waals surface area contributed by atoms with Crippen molar-refractivity contribution in [3.8, 4) is 6.07 Å². The van der Waals surface area contributed by atoms with Crippen molar-refractivity contribution in [3.05, 3.63) is 35.9 Å². The van der Waals surface area contributed by atoms with Gasteiger partial charge in [-0.2, -0.15) is 5.26 Å². The van der Waals surface area contributed by atoms with Crippen LogP contribution in [-0.2, 0) is 0 Å². The van der Waals surface area contributed by atoms with Crippen LogP contribution in [0.5, 0.6) is 0 Å². The maximum atomic E-state index is 8.72. The molecule has 1 saturated heterocycles. The summed E-state index contributed by atoms with van der Waals surface area (Å²) in [5, 5.41) is 12.0. The Bertz CT molecular complexity index is 313. The van der Waals surface area contributed by atoms with E-state index in [9.17, 15) is 0 Å². The van der Waals surface area contributed by atoms with Gasteiger partial charge < -0.3 is 0 Å². The number of rotatable bonds is 1. The summed E-state index contributed by atoms with van der Waals surface area (Å²) in [7, 11) is 0. The Kier molecular flexibility index (Phi) is 2.29. The molecule has 1 aliphatic rings. The van der Waals surface area contributed by atoms with E-state index in [4.69, 9.17) is 5.26 Å². The molecule has 0 aromatic heterocycles. The molecule has 0 amide bonds. The van der Waals surface area contributed by atoms with E-state index in [-0.39, 0.29) is 6.04 Å². The van der Waals surface area contributed by atoms with Crippen molar-refractivity contribution in [1.82, 2.24) is 5.32 Å². The molecule has 1 fully saturated rings. The van der Waals surface area contributed by atoms with Gasteiger partial charge >= 0.3 is 0 Å². The zero-order valence-electron chi connectivity index (χ0n) is 7.40. The highest BCUT2D eigenvalue weighted by molar-refractivity contribution is 5.21. The molecule has 66 valence electrons. The fourth-order valence-corrected chi connectivity index (χ4v) is 1.79. The molecule has 1 aromatic carbocycles. The summed E-state index contributed by atoms with van der Waals surface area (Å²) in [6.45, 7) is 0. The van der Waals surface area contributed by atoms with E-state index in [0.29, 0.717) is 6.04 Å². The van der Waals surface area contributed by atoms with Crippen molar-refractivity contribution in [3.63, 3.8) is 0 Å². The average molecular weight is 172 g/mol. The van der Waals surface area contributed by atoms with Gasteiger partial charge in [-0.15, -0.1) is 0 Å². The van der Waals surface area contributed by atoms with Gasteiger partial charge in [0.05, 0.1) is 12.1 Å². The predicted molar refractivity (Wildman–Crippen MR) is 51.0 cm³/mol. The summed E-state index contributed by atoms with van der Waals surface area (Å²) in [6, 6.07) is 13.0. The van der Waals surface area contributed by atoms with Gasteiger partial charge in [-0.3, -0.25) is 5.32 Å². The number of nitrogens with one attached hydrogen (secondary N) is 1. The summed E-state index contributed by atoms with van der Waals surface area (Å²) >= 11 is 0. The van der Waals surface area contributed by atoms with E-state index in [1.807, 2.05) is 18.2 Å². The van der Waals surface area contributed by atoms with E-state index in [0.717, 1.165) is 12.8 Å². The van der Waals surface area contributed by atoms with Gasteiger partial charge in [-0.1, -0.05) is 30.3 Å². The number of nitriles is 1. The molecule has 0 spiro atoms. The highest BCUT2D eigenvalue weighted by atomic mass is 15.0. The molecular weight excluding hydrogens is 160 g/mol. The largest absolute Gasteiger partial charge is 0.295 e. The van der Waals surface area contributed by atoms with E-state index < -0.39 is 0 Å². The molecule has 2 unspecified atom stereocenters. The minimum Gasteiger partial charge on any atom is -0.295 e. The molecule has 2 nitrogen and oxygen atoms in total. The fourth-order valence-electron chi connectivity index (χ4n) is 1.79. The number of benzene rings is 1. The maximum Gasteiger partial charge on any atom is 0.0958 e.